The smallest absolute Gasteiger partial charge is 0.0470 e. The zero-order valence-corrected chi connectivity index (χ0v) is 8.59. The predicted molar refractivity (Wildman–Crippen MR) is 51.9 cm³/mol. The van der Waals surface area contributed by atoms with Gasteiger partial charge in [0.25, 0.3) is 0 Å². The fourth-order valence-electron chi connectivity index (χ4n) is 2.20. The highest BCUT2D eigenvalue weighted by Crippen LogP contribution is 2.43. The molecule has 0 spiro atoms. The molecular weight excluding hydrogens is 148 g/mol. The molecule has 1 N–H and O–H groups in total. The van der Waals surface area contributed by atoms with Crippen LogP contribution in [0.3, 0.4) is 0 Å². The lowest BCUT2D eigenvalue weighted by Gasteiger charge is -2.41. The van der Waals surface area contributed by atoms with Crippen molar-refractivity contribution in [3.63, 3.8) is 0 Å². The fraction of sp³-hybridized carbons (Fsp3) is 0.818. The number of aliphatic hydroxyl groups is 1. The summed E-state index contributed by atoms with van der Waals surface area (Å²) in [6.45, 7) is 9.18. The predicted octanol–water partition coefficient (Wildman–Crippen LogP) is 2.61. The summed E-state index contributed by atoms with van der Waals surface area (Å²) in [4.78, 5) is 0. The number of hydrogen-bond acceptors (Lipinski definition) is 1. The van der Waals surface area contributed by atoms with Crippen LogP contribution in [0.5, 0.6) is 0 Å². The Labute approximate surface area is 75.5 Å². The van der Waals surface area contributed by atoms with Crippen molar-refractivity contribution in [3.8, 4) is 0 Å². The Bertz CT molecular complexity index is 191. The first kappa shape index (κ1) is 9.79. The lowest BCUT2D eigenvalue weighted by molar-refractivity contribution is 0.0878. The average molecular weight is 168 g/mol. The highest BCUT2D eigenvalue weighted by Gasteiger charge is 2.36. The fourth-order valence-corrected chi connectivity index (χ4v) is 2.20. The van der Waals surface area contributed by atoms with Crippen LogP contribution in [-0.2, 0) is 0 Å². The molecule has 2 atom stereocenters. The van der Waals surface area contributed by atoms with Crippen LogP contribution in [-0.4, -0.2) is 11.7 Å². The van der Waals surface area contributed by atoms with Gasteiger partial charge in [-0.25, -0.2) is 0 Å². The summed E-state index contributed by atoms with van der Waals surface area (Å²) in [7, 11) is 0. The molecule has 0 heterocycles. The molecule has 1 aliphatic rings. The minimum Gasteiger partial charge on any atom is -0.396 e. The van der Waals surface area contributed by atoms with E-state index in [4.69, 9.17) is 0 Å². The molecule has 0 amide bonds. The van der Waals surface area contributed by atoms with Crippen LogP contribution in [0.2, 0.25) is 0 Å². The Morgan fingerprint density at radius 2 is 2.17 bits per heavy atom. The SMILES string of the molecule is CC1=CCC(C)C(CO)C1(C)C. The van der Waals surface area contributed by atoms with Crippen molar-refractivity contribution >= 4 is 0 Å². The molecule has 0 aromatic heterocycles. The molecule has 0 saturated carbocycles. The van der Waals surface area contributed by atoms with Gasteiger partial charge in [-0.3, -0.25) is 0 Å². The molecule has 0 fully saturated rings. The van der Waals surface area contributed by atoms with E-state index in [1.165, 1.54) is 5.57 Å². The van der Waals surface area contributed by atoms with Crippen molar-refractivity contribution < 1.29 is 5.11 Å². The van der Waals surface area contributed by atoms with Crippen LogP contribution in [0, 0.1) is 17.3 Å². The van der Waals surface area contributed by atoms with Gasteiger partial charge in [0, 0.05) is 6.61 Å². The van der Waals surface area contributed by atoms with Gasteiger partial charge < -0.3 is 5.11 Å². The van der Waals surface area contributed by atoms with Gasteiger partial charge in [-0.2, -0.15) is 0 Å². The monoisotopic (exact) mass is 168 g/mol. The Morgan fingerprint density at radius 3 is 2.58 bits per heavy atom. The average Bonchev–Trinajstić information content (AvgIpc) is 1.98. The lowest BCUT2D eigenvalue weighted by atomic mass is 9.64. The number of aliphatic hydroxyl groups excluding tert-OH is 1. The minimum atomic E-state index is 0.187. The molecule has 0 radical (unpaired) electrons. The molecule has 1 rings (SSSR count). The summed E-state index contributed by atoms with van der Waals surface area (Å²) in [6, 6.07) is 0. The van der Waals surface area contributed by atoms with E-state index in [1.807, 2.05) is 0 Å². The van der Waals surface area contributed by atoms with E-state index in [9.17, 15) is 5.11 Å². The van der Waals surface area contributed by atoms with Crippen LogP contribution >= 0.6 is 0 Å². The third-order valence-electron chi connectivity index (χ3n) is 3.62. The minimum absolute atomic E-state index is 0.187. The molecule has 0 aromatic rings. The highest BCUT2D eigenvalue weighted by atomic mass is 16.3. The largest absolute Gasteiger partial charge is 0.396 e. The maximum Gasteiger partial charge on any atom is 0.0470 e. The molecule has 1 aliphatic carbocycles. The van der Waals surface area contributed by atoms with Crippen LogP contribution in [0.1, 0.15) is 34.1 Å². The van der Waals surface area contributed by atoms with E-state index in [0.29, 0.717) is 18.4 Å². The maximum atomic E-state index is 9.29. The number of rotatable bonds is 1. The number of allylic oxidation sites excluding steroid dienone is 2. The second-order valence-corrected chi connectivity index (χ2v) is 4.61. The van der Waals surface area contributed by atoms with Gasteiger partial charge in [-0.1, -0.05) is 32.4 Å². The lowest BCUT2D eigenvalue weighted by Crippen LogP contribution is -2.36. The molecule has 70 valence electrons. The molecule has 0 saturated heterocycles. The molecule has 0 aromatic carbocycles. The van der Waals surface area contributed by atoms with Crippen LogP contribution < -0.4 is 0 Å². The third kappa shape index (κ3) is 1.42. The Morgan fingerprint density at radius 1 is 1.58 bits per heavy atom. The van der Waals surface area contributed by atoms with Crippen molar-refractivity contribution in [2.45, 2.75) is 34.1 Å². The molecular formula is C11H20O. The van der Waals surface area contributed by atoms with E-state index < -0.39 is 0 Å². The Balaban J connectivity index is 2.91. The zero-order valence-electron chi connectivity index (χ0n) is 8.59. The first-order valence-corrected chi connectivity index (χ1v) is 4.78. The second kappa shape index (κ2) is 3.21. The van der Waals surface area contributed by atoms with Crippen LogP contribution in [0.4, 0.5) is 0 Å². The molecule has 1 heteroatoms. The molecule has 0 bridgehead atoms. The van der Waals surface area contributed by atoms with Crippen molar-refractivity contribution in [2.75, 3.05) is 6.61 Å². The van der Waals surface area contributed by atoms with Gasteiger partial charge in [0.2, 0.25) is 0 Å². The van der Waals surface area contributed by atoms with Crippen molar-refractivity contribution in [3.05, 3.63) is 11.6 Å². The van der Waals surface area contributed by atoms with Crippen molar-refractivity contribution in [1.82, 2.24) is 0 Å². The van der Waals surface area contributed by atoms with E-state index in [-0.39, 0.29) is 5.41 Å². The summed E-state index contributed by atoms with van der Waals surface area (Å²) in [6.07, 6.45) is 3.44. The summed E-state index contributed by atoms with van der Waals surface area (Å²) in [5, 5.41) is 9.29. The second-order valence-electron chi connectivity index (χ2n) is 4.61. The van der Waals surface area contributed by atoms with Crippen LogP contribution in [0.15, 0.2) is 11.6 Å². The van der Waals surface area contributed by atoms with Gasteiger partial charge in [0.05, 0.1) is 0 Å². The summed E-state index contributed by atoms with van der Waals surface area (Å²) in [5.41, 5.74) is 1.62. The third-order valence-corrected chi connectivity index (χ3v) is 3.62. The normalized spacial score (nSPS) is 34.6. The first-order chi connectivity index (χ1) is 5.50. The van der Waals surface area contributed by atoms with E-state index in [2.05, 4.69) is 33.8 Å². The van der Waals surface area contributed by atoms with Gasteiger partial charge in [-0.15, -0.1) is 0 Å². The summed E-state index contributed by atoms with van der Waals surface area (Å²) >= 11 is 0. The molecule has 2 unspecified atom stereocenters. The van der Waals surface area contributed by atoms with Gasteiger partial charge >= 0.3 is 0 Å². The molecule has 0 aliphatic heterocycles. The van der Waals surface area contributed by atoms with E-state index in [1.54, 1.807) is 0 Å². The molecule has 12 heavy (non-hydrogen) atoms. The summed E-state index contributed by atoms with van der Waals surface area (Å²) in [5.74, 6) is 1.05. The van der Waals surface area contributed by atoms with E-state index in [0.717, 1.165) is 6.42 Å². The van der Waals surface area contributed by atoms with Gasteiger partial charge in [0.15, 0.2) is 0 Å². The van der Waals surface area contributed by atoms with Crippen molar-refractivity contribution in [1.29, 1.82) is 0 Å². The van der Waals surface area contributed by atoms with Gasteiger partial charge in [-0.05, 0) is 30.6 Å². The first-order valence-electron chi connectivity index (χ1n) is 4.78. The standard InChI is InChI=1S/C11H20O/c1-8-5-6-9(2)11(3,4)10(8)7-12/h6,8,10,12H,5,7H2,1-4H3. The van der Waals surface area contributed by atoms with Crippen LogP contribution in [0.25, 0.3) is 0 Å². The van der Waals surface area contributed by atoms with Crippen molar-refractivity contribution in [2.24, 2.45) is 17.3 Å². The Hall–Kier alpha value is -0.300. The zero-order chi connectivity index (χ0) is 9.35. The Kier molecular flexibility index (Phi) is 2.62. The quantitative estimate of drug-likeness (QED) is 0.597. The number of hydrogen-bond donors (Lipinski definition) is 1. The highest BCUT2D eigenvalue weighted by molar-refractivity contribution is 5.15. The summed E-state index contributed by atoms with van der Waals surface area (Å²) < 4.78 is 0. The topological polar surface area (TPSA) is 20.2 Å². The van der Waals surface area contributed by atoms with Gasteiger partial charge in [0.1, 0.15) is 0 Å². The van der Waals surface area contributed by atoms with E-state index >= 15 is 0 Å². The molecule has 1 nitrogen and oxygen atoms in total. The maximum absolute atomic E-state index is 9.29.